The third-order valence-corrected chi connectivity index (χ3v) is 5.93. The maximum absolute atomic E-state index is 12.8. The van der Waals surface area contributed by atoms with Gasteiger partial charge in [-0.25, -0.2) is 12.8 Å². The van der Waals surface area contributed by atoms with Gasteiger partial charge in [-0.15, -0.1) is 0 Å². The number of nitrogens with zero attached hydrogens (tertiary/aromatic N) is 2. The molecule has 0 amide bonds. The van der Waals surface area contributed by atoms with Gasteiger partial charge in [0.25, 0.3) is 0 Å². The summed E-state index contributed by atoms with van der Waals surface area (Å²) < 4.78 is 44.2. The fourth-order valence-electron chi connectivity index (χ4n) is 2.51. The molecule has 5 nitrogen and oxygen atoms in total. The highest BCUT2D eigenvalue weighted by molar-refractivity contribution is 7.89. The third kappa shape index (κ3) is 5.75. The van der Waals surface area contributed by atoms with Crippen LogP contribution in [0.2, 0.25) is 0 Å². The van der Waals surface area contributed by atoms with Crippen molar-refractivity contribution < 1.29 is 17.5 Å². The molecule has 1 aliphatic rings. The van der Waals surface area contributed by atoms with Crippen LogP contribution in [0.15, 0.2) is 24.3 Å². The summed E-state index contributed by atoms with van der Waals surface area (Å²) in [5.41, 5.74) is 0. The maximum Gasteiger partial charge on any atom is 0.214 e. The number of hydrogen-bond acceptors (Lipinski definition) is 4. The molecular weight excluding hydrogens is 319 g/mol. The highest BCUT2D eigenvalue weighted by Crippen LogP contribution is 2.12. The average Bonchev–Trinajstić information content (AvgIpc) is 2.55. The van der Waals surface area contributed by atoms with Crippen LogP contribution in [0.5, 0.6) is 5.75 Å². The molecule has 0 N–H and O–H groups in total. The van der Waals surface area contributed by atoms with Crippen LogP contribution in [0.3, 0.4) is 0 Å². The minimum Gasteiger partial charge on any atom is -0.492 e. The van der Waals surface area contributed by atoms with Gasteiger partial charge >= 0.3 is 0 Å². The molecule has 0 unspecified atom stereocenters. The monoisotopic (exact) mass is 344 g/mol. The number of piperazine rings is 1. The Morgan fingerprint density at radius 3 is 2.39 bits per heavy atom. The number of benzene rings is 1. The highest BCUT2D eigenvalue weighted by Gasteiger charge is 2.26. The second-order valence-corrected chi connectivity index (χ2v) is 7.80. The zero-order valence-electron chi connectivity index (χ0n) is 13.6. The lowest BCUT2D eigenvalue weighted by Crippen LogP contribution is -2.50. The number of unbranched alkanes of at least 4 members (excludes halogenated alkanes) is 1. The zero-order valence-corrected chi connectivity index (χ0v) is 14.4. The van der Waals surface area contributed by atoms with Gasteiger partial charge in [-0.1, -0.05) is 13.3 Å². The molecule has 0 radical (unpaired) electrons. The Morgan fingerprint density at radius 1 is 1.13 bits per heavy atom. The second kappa shape index (κ2) is 8.61. The molecule has 0 aromatic heterocycles. The van der Waals surface area contributed by atoms with E-state index in [-0.39, 0.29) is 11.6 Å². The summed E-state index contributed by atoms with van der Waals surface area (Å²) in [7, 11) is -3.10. The first-order valence-corrected chi connectivity index (χ1v) is 9.71. The summed E-state index contributed by atoms with van der Waals surface area (Å²) >= 11 is 0. The fourth-order valence-corrected chi connectivity index (χ4v) is 4.14. The van der Waals surface area contributed by atoms with E-state index in [0.717, 1.165) is 26.1 Å². The minimum absolute atomic E-state index is 0.247. The van der Waals surface area contributed by atoms with E-state index in [4.69, 9.17) is 4.74 Å². The van der Waals surface area contributed by atoms with E-state index < -0.39 is 10.0 Å². The molecular formula is C16H25FN2O3S. The molecule has 0 atom stereocenters. The van der Waals surface area contributed by atoms with Crippen LogP contribution in [0.25, 0.3) is 0 Å². The Morgan fingerprint density at radius 2 is 1.78 bits per heavy atom. The van der Waals surface area contributed by atoms with E-state index in [9.17, 15) is 12.8 Å². The van der Waals surface area contributed by atoms with Crippen LogP contribution in [0.1, 0.15) is 19.8 Å². The molecule has 2 rings (SSSR count). The smallest absolute Gasteiger partial charge is 0.214 e. The van der Waals surface area contributed by atoms with Gasteiger partial charge in [-0.3, -0.25) is 4.90 Å². The van der Waals surface area contributed by atoms with Crippen molar-refractivity contribution in [2.24, 2.45) is 0 Å². The van der Waals surface area contributed by atoms with E-state index in [1.165, 1.54) is 12.1 Å². The quantitative estimate of drug-likeness (QED) is 0.723. The third-order valence-electron chi connectivity index (χ3n) is 3.97. The van der Waals surface area contributed by atoms with Crippen LogP contribution >= 0.6 is 0 Å². The molecule has 0 saturated carbocycles. The lowest BCUT2D eigenvalue weighted by molar-refractivity contribution is 0.159. The molecule has 1 aromatic rings. The summed E-state index contributed by atoms with van der Waals surface area (Å²) in [6, 6.07) is 5.95. The van der Waals surface area contributed by atoms with E-state index in [2.05, 4.69) is 4.90 Å². The Labute approximate surface area is 138 Å². The molecule has 130 valence electrons. The predicted molar refractivity (Wildman–Crippen MR) is 88.6 cm³/mol. The maximum atomic E-state index is 12.8. The van der Waals surface area contributed by atoms with Crippen LogP contribution in [-0.2, 0) is 10.0 Å². The lowest BCUT2D eigenvalue weighted by Gasteiger charge is -2.33. The Hall–Kier alpha value is -1.18. The summed E-state index contributed by atoms with van der Waals surface area (Å²) in [5, 5.41) is 0. The largest absolute Gasteiger partial charge is 0.492 e. The van der Waals surface area contributed by atoms with E-state index in [1.807, 2.05) is 6.92 Å². The van der Waals surface area contributed by atoms with Crippen LogP contribution in [0.4, 0.5) is 4.39 Å². The van der Waals surface area contributed by atoms with Gasteiger partial charge in [0.2, 0.25) is 10.0 Å². The van der Waals surface area contributed by atoms with Crippen molar-refractivity contribution in [2.45, 2.75) is 19.8 Å². The van der Waals surface area contributed by atoms with Crippen molar-refractivity contribution in [2.75, 3.05) is 45.1 Å². The summed E-state index contributed by atoms with van der Waals surface area (Å²) in [5.74, 6) is 0.613. The first-order chi connectivity index (χ1) is 11.0. The normalized spacial score (nSPS) is 17.3. The summed E-state index contributed by atoms with van der Waals surface area (Å²) in [6.07, 6.45) is 1.61. The van der Waals surface area contributed by atoms with Crippen molar-refractivity contribution in [1.29, 1.82) is 0 Å². The molecule has 1 heterocycles. The zero-order chi connectivity index (χ0) is 16.7. The number of halogens is 1. The Kier molecular flexibility index (Phi) is 6.80. The number of sulfonamides is 1. The van der Waals surface area contributed by atoms with Crippen LogP contribution in [0, 0.1) is 5.82 Å². The topological polar surface area (TPSA) is 49.9 Å². The fraction of sp³-hybridized carbons (Fsp3) is 0.625. The molecule has 0 aliphatic carbocycles. The van der Waals surface area contributed by atoms with Crippen molar-refractivity contribution in [1.82, 2.24) is 9.21 Å². The molecule has 0 bridgehead atoms. The molecule has 7 heteroatoms. The van der Waals surface area contributed by atoms with Crippen molar-refractivity contribution in [3.63, 3.8) is 0 Å². The van der Waals surface area contributed by atoms with Gasteiger partial charge in [-0.2, -0.15) is 4.31 Å². The number of hydrogen-bond donors (Lipinski definition) is 0. The van der Waals surface area contributed by atoms with Crippen molar-refractivity contribution in [3.8, 4) is 5.75 Å². The second-order valence-electron chi connectivity index (χ2n) is 5.71. The number of ether oxygens (including phenoxy) is 1. The van der Waals surface area contributed by atoms with Crippen molar-refractivity contribution >= 4 is 10.0 Å². The lowest BCUT2D eigenvalue weighted by atomic mass is 10.3. The molecule has 1 saturated heterocycles. The first-order valence-electron chi connectivity index (χ1n) is 8.10. The van der Waals surface area contributed by atoms with Crippen LogP contribution < -0.4 is 4.74 Å². The minimum atomic E-state index is -3.10. The molecule has 0 spiro atoms. The van der Waals surface area contributed by atoms with Gasteiger partial charge < -0.3 is 4.74 Å². The van der Waals surface area contributed by atoms with Gasteiger partial charge in [-0.05, 0) is 30.7 Å². The molecule has 1 aromatic carbocycles. The van der Waals surface area contributed by atoms with E-state index in [0.29, 0.717) is 31.9 Å². The van der Waals surface area contributed by atoms with Crippen molar-refractivity contribution in [3.05, 3.63) is 30.1 Å². The predicted octanol–water partition coefficient (Wildman–Crippen LogP) is 1.95. The molecule has 1 fully saturated rings. The summed E-state index contributed by atoms with van der Waals surface area (Å²) in [4.78, 5) is 2.19. The average molecular weight is 344 g/mol. The van der Waals surface area contributed by atoms with Gasteiger partial charge in [0.05, 0.1) is 5.75 Å². The van der Waals surface area contributed by atoms with Crippen LogP contribution in [-0.4, -0.2) is 62.7 Å². The van der Waals surface area contributed by atoms with Gasteiger partial charge in [0, 0.05) is 32.7 Å². The van der Waals surface area contributed by atoms with E-state index in [1.54, 1.807) is 16.4 Å². The Bertz CT molecular complexity index is 569. The Balaban J connectivity index is 1.69. The van der Waals surface area contributed by atoms with Gasteiger partial charge in [0.1, 0.15) is 18.2 Å². The molecule has 1 aliphatic heterocycles. The first kappa shape index (κ1) is 18.2. The van der Waals surface area contributed by atoms with Gasteiger partial charge in [0.15, 0.2) is 0 Å². The van der Waals surface area contributed by atoms with E-state index >= 15 is 0 Å². The standard InChI is InChI=1S/C16H25FN2O3S/c1-2-3-14-23(20,21)19-10-8-18(9-11-19)12-13-22-16-6-4-15(17)5-7-16/h4-7H,2-3,8-14H2,1H3. The highest BCUT2D eigenvalue weighted by atomic mass is 32.2. The summed E-state index contributed by atoms with van der Waals surface area (Å²) in [6.45, 7) is 5.77. The molecule has 23 heavy (non-hydrogen) atoms. The number of rotatable bonds is 8. The SMILES string of the molecule is CCCCS(=O)(=O)N1CCN(CCOc2ccc(F)cc2)CC1.